The van der Waals surface area contributed by atoms with E-state index in [4.69, 9.17) is 5.73 Å². The molecule has 1 fully saturated rings. The molecule has 1 atom stereocenters. The van der Waals surface area contributed by atoms with Crippen LogP contribution in [0.25, 0.3) is 11.0 Å². The maximum atomic E-state index is 11.7. The number of nitrogens with zero attached hydrogens (tertiary/aromatic N) is 2. The van der Waals surface area contributed by atoms with E-state index in [9.17, 15) is 8.42 Å². The quantitative estimate of drug-likeness (QED) is 0.785. The summed E-state index contributed by atoms with van der Waals surface area (Å²) in [5, 5.41) is 0. The van der Waals surface area contributed by atoms with Gasteiger partial charge in [0, 0.05) is 5.69 Å². The van der Waals surface area contributed by atoms with Gasteiger partial charge in [0.2, 0.25) is 0 Å². The van der Waals surface area contributed by atoms with Gasteiger partial charge >= 0.3 is 0 Å². The number of hydrogen-bond acceptors (Lipinski definition) is 4. The van der Waals surface area contributed by atoms with E-state index in [1.54, 1.807) is 12.4 Å². The third kappa shape index (κ3) is 1.68. The summed E-state index contributed by atoms with van der Waals surface area (Å²) in [4.78, 5) is 4.31. The van der Waals surface area contributed by atoms with Crippen molar-refractivity contribution in [2.45, 2.75) is 18.9 Å². The number of nitrogens with two attached hydrogens (primary N) is 1. The molecule has 0 saturated carbocycles. The lowest BCUT2D eigenvalue weighted by Crippen LogP contribution is -2.30. The minimum Gasteiger partial charge on any atom is -0.399 e. The Morgan fingerprint density at radius 3 is 2.89 bits per heavy atom. The van der Waals surface area contributed by atoms with Crippen LogP contribution in [0, 0.1) is 0 Å². The highest BCUT2D eigenvalue weighted by Crippen LogP contribution is 2.33. The summed E-state index contributed by atoms with van der Waals surface area (Å²) in [5.41, 5.74) is 7.72. The molecule has 1 aliphatic rings. The molecule has 1 aromatic carbocycles. The standard InChI is InChI=1S/C12H15N3O2S/c1-12(4-5-18(16,17)7-12)15-8-14-10-6-9(13)2-3-11(10)15/h2-3,6,8H,4-5,7,13H2,1H3. The van der Waals surface area contributed by atoms with Gasteiger partial charge in [-0.3, -0.25) is 0 Å². The lowest BCUT2D eigenvalue weighted by Gasteiger charge is -2.25. The van der Waals surface area contributed by atoms with Crippen LogP contribution in [0.5, 0.6) is 0 Å². The zero-order chi connectivity index (χ0) is 13.0. The topological polar surface area (TPSA) is 78.0 Å². The second-order valence-electron chi connectivity index (χ2n) is 5.20. The van der Waals surface area contributed by atoms with Crippen molar-refractivity contribution in [3.63, 3.8) is 0 Å². The molecule has 6 heteroatoms. The summed E-state index contributed by atoms with van der Waals surface area (Å²) >= 11 is 0. The summed E-state index contributed by atoms with van der Waals surface area (Å²) in [7, 11) is -2.93. The fourth-order valence-corrected chi connectivity index (χ4v) is 4.77. The summed E-state index contributed by atoms with van der Waals surface area (Å²) in [6, 6.07) is 5.51. The molecule has 0 radical (unpaired) electrons. The molecule has 2 aromatic rings. The van der Waals surface area contributed by atoms with Gasteiger partial charge in [-0.2, -0.15) is 0 Å². The van der Waals surface area contributed by atoms with Crippen LogP contribution in [-0.2, 0) is 15.4 Å². The highest BCUT2D eigenvalue weighted by molar-refractivity contribution is 7.91. The Hall–Kier alpha value is -1.56. The molecule has 1 aromatic heterocycles. The summed E-state index contributed by atoms with van der Waals surface area (Å²) < 4.78 is 25.3. The van der Waals surface area contributed by atoms with Crippen LogP contribution < -0.4 is 5.73 Å². The molecule has 0 spiro atoms. The second kappa shape index (κ2) is 3.47. The van der Waals surface area contributed by atoms with Crippen molar-refractivity contribution in [2.24, 2.45) is 0 Å². The Bertz CT molecular complexity index is 720. The van der Waals surface area contributed by atoms with Crippen LogP contribution in [0.15, 0.2) is 24.5 Å². The summed E-state index contributed by atoms with van der Waals surface area (Å²) in [6.45, 7) is 1.97. The van der Waals surface area contributed by atoms with Crippen LogP contribution in [0.4, 0.5) is 5.69 Å². The van der Waals surface area contributed by atoms with Crippen LogP contribution in [0.3, 0.4) is 0 Å². The van der Waals surface area contributed by atoms with Gasteiger partial charge in [-0.25, -0.2) is 13.4 Å². The second-order valence-corrected chi connectivity index (χ2v) is 7.39. The van der Waals surface area contributed by atoms with Gasteiger partial charge in [0.05, 0.1) is 34.4 Å². The number of nitrogen functional groups attached to an aromatic ring is 1. The first-order valence-electron chi connectivity index (χ1n) is 5.83. The number of imidazole rings is 1. The number of rotatable bonds is 1. The van der Waals surface area contributed by atoms with E-state index >= 15 is 0 Å². The molecular weight excluding hydrogens is 250 g/mol. The molecule has 5 nitrogen and oxygen atoms in total. The SMILES string of the molecule is CC1(n2cnc3cc(N)ccc32)CCS(=O)(=O)C1. The molecule has 18 heavy (non-hydrogen) atoms. The number of benzene rings is 1. The van der Waals surface area contributed by atoms with Gasteiger partial charge in [-0.15, -0.1) is 0 Å². The predicted octanol–water partition coefficient (Wildman–Crippen LogP) is 1.15. The van der Waals surface area contributed by atoms with E-state index in [-0.39, 0.29) is 11.5 Å². The molecule has 1 saturated heterocycles. The van der Waals surface area contributed by atoms with Crippen molar-refractivity contribution in [3.05, 3.63) is 24.5 Å². The maximum Gasteiger partial charge on any atom is 0.152 e. The third-order valence-electron chi connectivity index (χ3n) is 3.64. The Morgan fingerprint density at radius 2 is 2.22 bits per heavy atom. The molecule has 0 aliphatic carbocycles. The molecule has 3 rings (SSSR count). The molecule has 0 amide bonds. The van der Waals surface area contributed by atoms with Crippen LogP contribution >= 0.6 is 0 Å². The van der Waals surface area contributed by atoms with E-state index in [0.717, 1.165) is 11.0 Å². The zero-order valence-corrected chi connectivity index (χ0v) is 10.9. The average molecular weight is 265 g/mol. The Balaban J connectivity index is 2.16. The normalized spacial score (nSPS) is 26.7. The largest absolute Gasteiger partial charge is 0.399 e. The van der Waals surface area contributed by atoms with Crippen molar-refractivity contribution < 1.29 is 8.42 Å². The van der Waals surface area contributed by atoms with Crippen LogP contribution in [-0.4, -0.2) is 29.5 Å². The smallest absolute Gasteiger partial charge is 0.152 e. The number of hydrogen-bond donors (Lipinski definition) is 1. The van der Waals surface area contributed by atoms with Gasteiger partial charge in [0.25, 0.3) is 0 Å². The highest BCUT2D eigenvalue weighted by atomic mass is 32.2. The first-order chi connectivity index (χ1) is 8.40. The molecule has 1 aliphatic heterocycles. The summed E-state index contributed by atoms with van der Waals surface area (Å²) in [5.74, 6) is 0.425. The predicted molar refractivity (Wildman–Crippen MR) is 71.1 cm³/mol. The first kappa shape index (κ1) is 11.5. The number of aromatic nitrogens is 2. The van der Waals surface area contributed by atoms with Gasteiger partial charge in [-0.05, 0) is 31.5 Å². The van der Waals surface area contributed by atoms with Crippen molar-refractivity contribution >= 4 is 26.6 Å². The zero-order valence-electron chi connectivity index (χ0n) is 10.1. The van der Waals surface area contributed by atoms with Crippen molar-refractivity contribution in [1.82, 2.24) is 9.55 Å². The van der Waals surface area contributed by atoms with E-state index in [1.807, 2.05) is 23.6 Å². The van der Waals surface area contributed by atoms with Gasteiger partial charge in [0.1, 0.15) is 0 Å². The molecule has 2 N–H and O–H groups in total. The molecule has 1 unspecified atom stereocenters. The molecule has 96 valence electrons. The molecular formula is C12H15N3O2S. The Labute approximate surface area is 106 Å². The number of fused-ring (bicyclic) bond motifs is 1. The molecule has 2 heterocycles. The van der Waals surface area contributed by atoms with Crippen molar-refractivity contribution in [2.75, 3.05) is 17.2 Å². The van der Waals surface area contributed by atoms with Gasteiger partial charge in [0.15, 0.2) is 9.84 Å². The van der Waals surface area contributed by atoms with Crippen molar-refractivity contribution in [1.29, 1.82) is 0 Å². The van der Waals surface area contributed by atoms with Crippen LogP contribution in [0.2, 0.25) is 0 Å². The lowest BCUT2D eigenvalue weighted by molar-refractivity contribution is 0.376. The van der Waals surface area contributed by atoms with E-state index in [2.05, 4.69) is 4.98 Å². The maximum absolute atomic E-state index is 11.7. The minimum absolute atomic E-state index is 0.176. The fraction of sp³-hybridized carbons (Fsp3) is 0.417. The summed E-state index contributed by atoms with van der Waals surface area (Å²) in [6.07, 6.45) is 2.34. The third-order valence-corrected chi connectivity index (χ3v) is 5.52. The van der Waals surface area contributed by atoms with Crippen LogP contribution in [0.1, 0.15) is 13.3 Å². The van der Waals surface area contributed by atoms with Crippen molar-refractivity contribution in [3.8, 4) is 0 Å². The minimum atomic E-state index is -2.93. The Kier molecular flexibility index (Phi) is 2.22. The van der Waals surface area contributed by atoms with Gasteiger partial charge in [-0.1, -0.05) is 0 Å². The Morgan fingerprint density at radius 1 is 1.44 bits per heavy atom. The van der Waals surface area contributed by atoms with E-state index < -0.39 is 15.4 Å². The number of anilines is 1. The monoisotopic (exact) mass is 265 g/mol. The average Bonchev–Trinajstić information content (AvgIpc) is 2.80. The highest BCUT2D eigenvalue weighted by Gasteiger charge is 2.40. The first-order valence-corrected chi connectivity index (χ1v) is 7.65. The van der Waals surface area contributed by atoms with E-state index in [1.165, 1.54) is 0 Å². The lowest BCUT2D eigenvalue weighted by atomic mass is 10.0. The molecule has 0 bridgehead atoms. The fourth-order valence-electron chi connectivity index (χ4n) is 2.64. The number of sulfone groups is 1. The van der Waals surface area contributed by atoms with Gasteiger partial charge < -0.3 is 10.3 Å². The van der Waals surface area contributed by atoms with E-state index in [0.29, 0.717) is 12.1 Å².